The van der Waals surface area contributed by atoms with E-state index in [-0.39, 0.29) is 6.04 Å². The quantitative estimate of drug-likeness (QED) is 0.434. The number of aromatic amines is 1. The van der Waals surface area contributed by atoms with Crippen molar-refractivity contribution in [3.8, 4) is 11.1 Å². The van der Waals surface area contributed by atoms with Crippen LogP contribution < -0.4 is 5.32 Å². The summed E-state index contributed by atoms with van der Waals surface area (Å²) >= 11 is 0. The molecule has 0 aliphatic heterocycles. The molecule has 3 aromatic carbocycles. The highest BCUT2D eigenvalue weighted by Gasteiger charge is 2.16. The van der Waals surface area contributed by atoms with E-state index in [4.69, 9.17) is 0 Å². The second kappa shape index (κ2) is 8.01. The molecule has 1 aromatic heterocycles. The van der Waals surface area contributed by atoms with Crippen molar-refractivity contribution >= 4 is 17.0 Å². The number of rotatable bonds is 6. The molecule has 1 unspecified atom stereocenters. The van der Waals surface area contributed by atoms with Crippen molar-refractivity contribution in [1.82, 2.24) is 10.3 Å². The van der Waals surface area contributed by atoms with E-state index in [9.17, 15) is 9.90 Å². The van der Waals surface area contributed by atoms with E-state index in [1.807, 2.05) is 54.7 Å². The monoisotopic (exact) mass is 370 g/mol. The molecule has 1 heterocycles. The van der Waals surface area contributed by atoms with Gasteiger partial charge in [0.15, 0.2) is 0 Å². The van der Waals surface area contributed by atoms with Crippen LogP contribution in [0.25, 0.3) is 22.0 Å². The second-order valence-electron chi connectivity index (χ2n) is 6.98. The number of carboxylic acid groups (broad SMARTS) is 1. The van der Waals surface area contributed by atoms with Crippen LogP contribution in [0.2, 0.25) is 0 Å². The molecule has 0 saturated carbocycles. The summed E-state index contributed by atoms with van der Waals surface area (Å²) < 4.78 is 0. The molecule has 0 fully saturated rings. The summed E-state index contributed by atoms with van der Waals surface area (Å²) in [5, 5.41) is 13.1. The Labute approximate surface area is 163 Å². The molecular weight excluding hydrogens is 348 g/mol. The van der Waals surface area contributed by atoms with Gasteiger partial charge in [-0.05, 0) is 47.2 Å². The van der Waals surface area contributed by atoms with Crippen LogP contribution in [-0.2, 0) is 12.8 Å². The topological polar surface area (TPSA) is 65.1 Å². The number of amides is 1. The molecule has 0 bridgehead atoms. The van der Waals surface area contributed by atoms with Crippen LogP contribution in [0, 0.1) is 0 Å². The van der Waals surface area contributed by atoms with Crippen molar-refractivity contribution in [3.63, 3.8) is 0 Å². The number of aromatic nitrogens is 1. The third-order valence-electron chi connectivity index (χ3n) is 4.99. The van der Waals surface area contributed by atoms with Gasteiger partial charge in [0.2, 0.25) is 0 Å². The Balaban J connectivity index is 1.63. The van der Waals surface area contributed by atoms with Crippen LogP contribution >= 0.6 is 0 Å². The van der Waals surface area contributed by atoms with E-state index in [2.05, 4.69) is 40.6 Å². The predicted molar refractivity (Wildman–Crippen MR) is 113 cm³/mol. The van der Waals surface area contributed by atoms with Gasteiger partial charge in [-0.15, -0.1) is 0 Å². The molecule has 0 spiro atoms. The molecule has 0 aliphatic rings. The van der Waals surface area contributed by atoms with E-state index in [0.29, 0.717) is 12.8 Å². The highest BCUT2D eigenvalue weighted by Crippen LogP contribution is 2.27. The van der Waals surface area contributed by atoms with E-state index in [1.54, 1.807) is 0 Å². The van der Waals surface area contributed by atoms with Crippen LogP contribution in [-0.4, -0.2) is 22.2 Å². The molecule has 28 heavy (non-hydrogen) atoms. The van der Waals surface area contributed by atoms with Gasteiger partial charge in [-0.1, -0.05) is 66.7 Å². The molecule has 140 valence electrons. The minimum absolute atomic E-state index is 0.195. The number of hydrogen-bond donors (Lipinski definition) is 3. The summed E-state index contributed by atoms with van der Waals surface area (Å²) in [4.78, 5) is 14.6. The lowest BCUT2D eigenvalue weighted by atomic mass is 9.97. The fraction of sp³-hybridized carbons (Fsp3) is 0.125. The van der Waals surface area contributed by atoms with Crippen LogP contribution in [0.15, 0.2) is 85.1 Å². The first-order chi connectivity index (χ1) is 13.7. The Morgan fingerprint density at radius 1 is 0.893 bits per heavy atom. The Kier molecular flexibility index (Phi) is 5.11. The summed E-state index contributed by atoms with van der Waals surface area (Å²) in [7, 11) is 0. The zero-order valence-corrected chi connectivity index (χ0v) is 15.4. The van der Waals surface area contributed by atoms with Crippen molar-refractivity contribution < 1.29 is 9.90 Å². The van der Waals surface area contributed by atoms with Crippen molar-refractivity contribution in [2.75, 3.05) is 0 Å². The van der Waals surface area contributed by atoms with Crippen LogP contribution in [0.1, 0.15) is 11.1 Å². The number of carbonyl (C=O) groups is 1. The van der Waals surface area contributed by atoms with Crippen molar-refractivity contribution in [3.05, 3.63) is 96.2 Å². The summed E-state index contributed by atoms with van der Waals surface area (Å²) in [6.07, 6.45) is 2.27. The molecule has 4 aromatic rings. The molecule has 3 N–H and O–H groups in total. The third-order valence-corrected chi connectivity index (χ3v) is 4.99. The second-order valence-corrected chi connectivity index (χ2v) is 6.98. The molecule has 4 rings (SSSR count). The van der Waals surface area contributed by atoms with Gasteiger partial charge in [0.25, 0.3) is 0 Å². The SMILES string of the molecule is O=C(O)NC(Cc1ccccc1)Cc1c[nH]c2ccc(-c3ccccc3)cc12. The molecule has 4 nitrogen and oxygen atoms in total. The molecule has 0 radical (unpaired) electrons. The lowest BCUT2D eigenvalue weighted by Crippen LogP contribution is -2.37. The lowest BCUT2D eigenvalue weighted by molar-refractivity contribution is 0.189. The van der Waals surface area contributed by atoms with Gasteiger partial charge in [-0.2, -0.15) is 0 Å². The van der Waals surface area contributed by atoms with E-state index in [0.717, 1.165) is 27.6 Å². The smallest absolute Gasteiger partial charge is 0.404 e. The minimum Gasteiger partial charge on any atom is -0.465 e. The van der Waals surface area contributed by atoms with Crippen molar-refractivity contribution in [2.24, 2.45) is 0 Å². The third kappa shape index (κ3) is 4.07. The first kappa shape index (κ1) is 17.9. The summed E-state index contributed by atoms with van der Waals surface area (Å²) in [6, 6.07) is 26.4. The maximum atomic E-state index is 11.3. The maximum Gasteiger partial charge on any atom is 0.404 e. The zero-order chi connectivity index (χ0) is 19.3. The van der Waals surface area contributed by atoms with Crippen LogP contribution in [0.3, 0.4) is 0 Å². The highest BCUT2D eigenvalue weighted by molar-refractivity contribution is 5.88. The van der Waals surface area contributed by atoms with Gasteiger partial charge in [-0.3, -0.25) is 0 Å². The predicted octanol–water partition coefficient (Wildman–Crippen LogP) is 5.26. The number of nitrogens with one attached hydrogen (secondary N) is 2. The van der Waals surface area contributed by atoms with Gasteiger partial charge < -0.3 is 15.4 Å². The summed E-state index contributed by atoms with van der Waals surface area (Å²) in [5.74, 6) is 0. The van der Waals surface area contributed by atoms with Gasteiger partial charge in [-0.25, -0.2) is 4.79 Å². The molecule has 0 saturated heterocycles. The van der Waals surface area contributed by atoms with Gasteiger partial charge in [0.05, 0.1) is 0 Å². The number of fused-ring (bicyclic) bond motifs is 1. The minimum atomic E-state index is -0.995. The number of benzene rings is 3. The van der Waals surface area contributed by atoms with Crippen molar-refractivity contribution in [1.29, 1.82) is 0 Å². The Bertz CT molecular complexity index is 1070. The normalized spacial score (nSPS) is 12.0. The summed E-state index contributed by atoms with van der Waals surface area (Å²) in [6.45, 7) is 0. The molecular formula is C24H22N2O2. The first-order valence-electron chi connectivity index (χ1n) is 9.38. The van der Waals surface area contributed by atoms with E-state index < -0.39 is 6.09 Å². The largest absolute Gasteiger partial charge is 0.465 e. The average molecular weight is 370 g/mol. The maximum absolute atomic E-state index is 11.3. The van der Waals surface area contributed by atoms with Crippen molar-refractivity contribution in [2.45, 2.75) is 18.9 Å². The molecule has 1 amide bonds. The Hall–Kier alpha value is -3.53. The number of H-pyrrole nitrogens is 1. The van der Waals surface area contributed by atoms with Crippen LogP contribution in [0.4, 0.5) is 4.79 Å². The lowest BCUT2D eigenvalue weighted by Gasteiger charge is -2.17. The first-order valence-corrected chi connectivity index (χ1v) is 9.38. The number of hydrogen-bond acceptors (Lipinski definition) is 1. The fourth-order valence-corrected chi connectivity index (χ4v) is 3.67. The van der Waals surface area contributed by atoms with E-state index >= 15 is 0 Å². The Morgan fingerprint density at radius 2 is 1.61 bits per heavy atom. The molecule has 0 aliphatic carbocycles. The Morgan fingerprint density at radius 3 is 2.32 bits per heavy atom. The molecule has 4 heteroatoms. The van der Waals surface area contributed by atoms with Gasteiger partial charge in [0.1, 0.15) is 0 Å². The van der Waals surface area contributed by atoms with Crippen LogP contribution in [0.5, 0.6) is 0 Å². The average Bonchev–Trinajstić information content (AvgIpc) is 3.11. The zero-order valence-electron chi connectivity index (χ0n) is 15.4. The molecule has 1 atom stereocenters. The highest BCUT2D eigenvalue weighted by atomic mass is 16.4. The summed E-state index contributed by atoms with van der Waals surface area (Å²) in [5.41, 5.74) is 5.61. The fourth-order valence-electron chi connectivity index (χ4n) is 3.67. The van der Waals surface area contributed by atoms with Gasteiger partial charge >= 0.3 is 6.09 Å². The van der Waals surface area contributed by atoms with E-state index in [1.165, 1.54) is 5.56 Å². The standard InChI is InChI=1S/C24H22N2O2/c27-24(28)26-21(13-17-7-3-1-4-8-17)14-20-16-25-23-12-11-19(15-22(20)23)18-9-5-2-6-10-18/h1-12,15-16,21,25-26H,13-14H2,(H,27,28). The van der Waals surface area contributed by atoms with Gasteiger partial charge in [0, 0.05) is 23.1 Å².